The number of nitrogens with zero attached hydrogens (tertiary/aromatic N) is 1. The van der Waals surface area contributed by atoms with Crippen molar-refractivity contribution in [2.45, 2.75) is 45.3 Å². The number of nitrogens with one attached hydrogen (secondary N) is 1. The summed E-state index contributed by atoms with van der Waals surface area (Å²) in [5, 5.41) is 3.36. The fourth-order valence-electron chi connectivity index (χ4n) is 1.66. The molecule has 0 aliphatic carbocycles. The molecule has 0 bridgehead atoms. The first-order chi connectivity index (χ1) is 6.88. The number of likely N-dealkylation sites (N-methyl/N-ethyl adjacent to an activating group) is 1. The van der Waals surface area contributed by atoms with E-state index in [1.54, 1.807) is 11.9 Å². The van der Waals surface area contributed by atoms with E-state index in [9.17, 15) is 4.79 Å². The van der Waals surface area contributed by atoms with Gasteiger partial charge in [0, 0.05) is 19.6 Å². The first-order valence-electron chi connectivity index (χ1n) is 5.56. The van der Waals surface area contributed by atoms with E-state index in [2.05, 4.69) is 5.32 Å². The summed E-state index contributed by atoms with van der Waals surface area (Å²) in [6, 6.07) is 0.433. The second-order valence-electron chi connectivity index (χ2n) is 5.15. The quantitative estimate of drug-likeness (QED) is 0.759. The minimum Gasteiger partial charge on any atom is -0.444 e. The van der Waals surface area contributed by atoms with Crippen molar-refractivity contribution in [3.63, 3.8) is 0 Å². The lowest BCUT2D eigenvalue weighted by Gasteiger charge is -2.26. The zero-order valence-electron chi connectivity index (χ0n) is 10.2. The van der Waals surface area contributed by atoms with Crippen LogP contribution in [0.5, 0.6) is 0 Å². The van der Waals surface area contributed by atoms with Gasteiger partial charge >= 0.3 is 6.09 Å². The molecule has 1 heterocycles. The molecular weight excluding hydrogens is 192 g/mol. The third-order valence-corrected chi connectivity index (χ3v) is 2.36. The predicted octanol–water partition coefficient (Wildman–Crippen LogP) is 1.61. The largest absolute Gasteiger partial charge is 0.444 e. The van der Waals surface area contributed by atoms with Crippen molar-refractivity contribution < 1.29 is 9.53 Å². The van der Waals surface area contributed by atoms with E-state index in [0.29, 0.717) is 6.04 Å². The Hall–Kier alpha value is -0.770. The van der Waals surface area contributed by atoms with Gasteiger partial charge in [0.05, 0.1) is 0 Å². The lowest BCUT2D eigenvalue weighted by atomic mass is 10.2. The molecular formula is C11H22N2O2. The van der Waals surface area contributed by atoms with E-state index in [0.717, 1.165) is 19.5 Å². The van der Waals surface area contributed by atoms with Crippen LogP contribution in [0.4, 0.5) is 4.79 Å². The van der Waals surface area contributed by atoms with Crippen LogP contribution in [0.2, 0.25) is 0 Å². The zero-order chi connectivity index (χ0) is 11.5. The maximum Gasteiger partial charge on any atom is 0.410 e. The molecule has 1 aliphatic heterocycles. The van der Waals surface area contributed by atoms with Gasteiger partial charge in [0.25, 0.3) is 0 Å². The summed E-state index contributed by atoms with van der Waals surface area (Å²) in [7, 11) is 1.79. The van der Waals surface area contributed by atoms with Gasteiger partial charge in [-0.05, 0) is 40.2 Å². The van der Waals surface area contributed by atoms with Crippen LogP contribution in [0.25, 0.3) is 0 Å². The summed E-state index contributed by atoms with van der Waals surface area (Å²) in [5.41, 5.74) is -0.408. The van der Waals surface area contributed by atoms with E-state index in [4.69, 9.17) is 4.74 Å². The molecule has 1 fully saturated rings. The molecule has 1 rings (SSSR count). The second kappa shape index (κ2) is 4.84. The zero-order valence-corrected chi connectivity index (χ0v) is 10.2. The predicted molar refractivity (Wildman–Crippen MR) is 59.9 cm³/mol. The number of amides is 1. The number of hydrogen-bond acceptors (Lipinski definition) is 3. The summed E-state index contributed by atoms with van der Waals surface area (Å²) >= 11 is 0. The Kier molecular flexibility index (Phi) is 3.97. The molecule has 88 valence electrons. The van der Waals surface area contributed by atoms with Crippen molar-refractivity contribution >= 4 is 6.09 Å². The Morgan fingerprint density at radius 3 is 2.67 bits per heavy atom. The maximum atomic E-state index is 11.6. The van der Waals surface area contributed by atoms with Crippen LogP contribution < -0.4 is 5.32 Å². The highest BCUT2D eigenvalue weighted by Gasteiger charge is 2.23. The standard InChI is InChI=1S/C11H22N2O2/c1-11(2,3)15-10(14)13(4)8-9-6-5-7-12-9/h9,12H,5-8H2,1-4H3/t9-/m1/s1. The molecule has 1 atom stereocenters. The van der Waals surface area contributed by atoms with Gasteiger partial charge in [-0.3, -0.25) is 0 Å². The highest BCUT2D eigenvalue weighted by molar-refractivity contribution is 5.67. The van der Waals surface area contributed by atoms with Gasteiger partial charge in [-0.15, -0.1) is 0 Å². The van der Waals surface area contributed by atoms with Gasteiger partial charge in [0.1, 0.15) is 5.60 Å². The first-order valence-corrected chi connectivity index (χ1v) is 5.56. The molecule has 0 unspecified atom stereocenters. The SMILES string of the molecule is CN(C[C@H]1CCCN1)C(=O)OC(C)(C)C. The Morgan fingerprint density at radius 1 is 1.53 bits per heavy atom. The second-order valence-corrected chi connectivity index (χ2v) is 5.15. The lowest BCUT2D eigenvalue weighted by molar-refractivity contribution is 0.0286. The average molecular weight is 214 g/mol. The molecule has 15 heavy (non-hydrogen) atoms. The Morgan fingerprint density at radius 2 is 2.20 bits per heavy atom. The Labute approximate surface area is 92.0 Å². The number of rotatable bonds is 2. The molecule has 1 amide bonds. The van der Waals surface area contributed by atoms with Crippen molar-refractivity contribution in [2.24, 2.45) is 0 Å². The number of hydrogen-bond donors (Lipinski definition) is 1. The van der Waals surface area contributed by atoms with Crippen molar-refractivity contribution in [1.29, 1.82) is 0 Å². The average Bonchev–Trinajstić information content (AvgIpc) is 2.53. The van der Waals surface area contributed by atoms with E-state index >= 15 is 0 Å². The molecule has 0 saturated carbocycles. The maximum absolute atomic E-state index is 11.6. The molecule has 0 aromatic carbocycles. The van der Waals surface area contributed by atoms with E-state index in [1.807, 2.05) is 20.8 Å². The van der Waals surface area contributed by atoms with Crippen LogP contribution in [0.1, 0.15) is 33.6 Å². The van der Waals surface area contributed by atoms with Crippen molar-refractivity contribution in [1.82, 2.24) is 10.2 Å². The van der Waals surface area contributed by atoms with Crippen molar-refractivity contribution in [2.75, 3.05) is 20.1 Å². The Bertz CT molecular complexity index is 217. The third-order valence-electron chi connectivity index (χ3n) is 2.36. The molecule has 4 heteroatoms. The summed E-state index contributed by atoms with van der Waals surface area (Å²) < 4.78 is 5.27. The van der Waals surface area contributed by atoms with Gasteiger partial charge < -0.3 is 15.0 Å². The van der Waals surface area contributed by atoms with Crippen LogP contribution >= 0.6 is 0 Å². The third kappa shape index (κ3) is 4.51. The van der Waals surface area contributed by atoms with Crippen molar-refractivity contribution in [3.8, 4) is 0 Å². The highest BCUT2D eigenvalue weighted by Crippen LogP contribution is 2.11. The fourth-order valence-corrected chi connectivity index (χ4v) is 1.66. The number of ether oxygens (including phenoxy) is 1. The molecule has 4 nitrogen and oxygen atoms in total. The van der Waals surface area contributed by atoms with E-state index in [1.165, 1.54) is 6.42 Å². The summed E-state index contributed by atoms with van der Waals surface area (Å²) in [5.74, 6) is 0. The van der Waals surface area contributed by atoms with Gasteiger partial charge in [-0.25, -0.2) is 4.79 Å². The smallest absolute Gasteiger partial charge is 0.410 e. The van der Waals surface area contributed by atoms with Crippen LogP contribution in [-0.2, 0) is 4.74 Å². The normalized spacial score (nSPS) is 21.5. The number of carbonyl (C=O) groups is 1. The molecule has 0 spiro atoms. The Balaban J connectivity index is 2.32. The summed E-state index contributed by atoms with van der Waals surface area (Å²) in [6.45, 7) is 7.44. The fraction of sp³-hybridized carbons (Fsp3) is 0.909. The number of carbonyl (C=O) groups excluding carboxylic acids is 1. The van der Waals surface area contributed by atoms with Crippen LogP contribution in [0.3, 0.4) is 0 Å². The van der Waals surface area contributed by atoms with Crippen molar-refractivity contribution in [3.05, 3.63) is 0 Å². The van der Waals surface area contributed by atoms with Crippen LogP contribution in [-0.4, -0.2) is 42.8 Å². The monoisotopic (exact) mass is 214 g/mol. The van der Waals surface area contributed by atoms with Gasteiger partial charge in [-0.2, -0.15) is 0 Å². The van der Waals surface area contributed by atoms with Gasteiger partial charge in [0.15, 0.2) is 0 Å². The molecule has 0 aromatic heterocycles. The van der Waals surface area contributed by atoms with Crippen LogP contribution in [0, 0.1) is 0 Å². The van der Waals surface area contributed by atoms with Gasteiger partial charge in [0.2, 0.25) is 0 Å². The van der Waals surface area contributed by atoms with E-state index in [-0.39, 0.29) is 6.09 Å². The van der Waals surface area contributed by atoms with Crippen LogP contribution in [0.15, 0.2) is 0 Å². The molecule has 0 aromatic rings. The summed E-state index contributed by atoms with van der Waals surface area (Å²) in [4.78, 5) is 13.3. The van der Waals surface area contributed by atoms with E-state index < -0.39 is 5.60 Å². The highest BCUT2D eigenvalue weighted by atomic mass is 16.6. The molecule has 1 saturated heterocycles. The minimum atomic E-state index is -0.408. The summed E-state index contributed by atoms with van der Waals surface area (Å²) in [6.07, 6.45) is 2.11. The lowest BCUT2D eigenvalue weighted by Crippen LogP contribution is -2.41. The topological polar surface area (TPSA) is 41.6 Å². The first kappa shape index (κ1) is 12.3. The molecule has 1 N–H and O–H groups in total. The van der Waals surface area contributed by atoms with Gasteiger partial charge in [-0.1, -0.05) is 0 Å². The molecule has 0 radical (unpaired) electrons. The minimum absolute atomic E-state index is 0.240. The molecule has 1 aliphatic rings.